The van der Waals surface area contributed by atoms with Crippen LogP contribution in [-0.4, -0.2) is 58.0 Å². The van der Waals surface area contributed by atoms with Crippen LogP contribution in [0.5, 0.6) is 0 Å². The molecule has 0 unspecified atom stereocenters. The number of aromatic nitrogens is 3. The van der Waals surface area contributed by atoms with E-state index in [1.165, 1.54) is 5.56 Å². The van der Waals surface area contributed by atoms with E-state index in [4.69, 9.17) is 5.26 Å². The molecule has 1 aliphatic heterocycles. The smallest absolute Gasteiger partial charge is 0.141 e. The van der Waals surface area contributed by atoms with E-state index in [-0.39, 0.29) is 0 Å². The van der Waals surface area contributed by atoms with E-state index in [1.54, 1.807) is 6.20 Å². The highest BCUT2D eigenvalue weighted by atomic mass is 15.2. The van der Waals surface area contributed by atoms with Crippen LogP contribution >= 0.6 is 0 Å². The van der Waals surface area contributed by atoms with Gasteiger partial charge in [-0.2, -0.15) is 5.26 Å². The van der Waals surface area contributed by atoms with Crippen LogP contribution in [0, 0.1) is 11.3 Å². The molecule has 4 aromatic rings. The van der Waals surface area contributed by atoms with E-state index in [1.807, 2.05) is 12.3 Å². The molecular formula is C23H22N6. The van der Waals surface area contributed by atoms with Crippen molar-refractivity contribution >= 4 is 21.9 Å². The van der Waals surface area contributed by atoms with Gasteiger partial charge in [0.05, 0.1) is 11.7 Å². The first-order chi connectivity index (χ1) is 14.2. The van der Waals surface area contributed by atoms with Crippen molar-refractivity contribution in [3.05, 3.63) is 60.0 Å². The molecule has 144 valence electrons. The van der Waals surface area contributed by atoms with Gasteiger partial charge in [0.25, 0.3) is 0 Å². The molecule has 6 heteroatoms. The number of aromatic amines is 1. The lowest BCUT2D eigenvalue weighted by molar-refractivity contribution is 0.148. The Balaban J connectivity index is 1.42. The molecule has 6 nitrogen and oxygen atoms in total. The van der Waals surface area contributed by atoms with Gasteiger partial charge in [0.2, 0.25) is 0 Å². The summed E-state index contributed by atoms with van der Waals surface area (Å²) in [5.41, 5.74) is 5.67. The Morgan fingerprint density at radius 2 is 1.76 bits per heavy atom. The number of hydrogen-bond donors (Lipinski definition) is 1. The van der Waals surface area contributed by atoms with Gasteiger partial charge in [0.1, 0.15) is 17.4 Å². The van der Waals surface area contributed by atoms with Gasteiger partial charge in [-0.15, -0.1) is 0 Å². The Morgan fingerprint density at radius 3 is 2.52 bits per heavy atom. The quantitative estimate of drug-likeness (QED) is 0.588. The minimum Gasteiger partial charge on any atom is -0.338 e. The van der Waals surface area contributed by atoms with Crippen molar-refractivity contribution in [1.82, 2.24) is 24.8 Å². The fourth-order valence-corrected chi connectivity index (χ4v) is 3.96. The standard InChI is InChI=1S/C23H22N6/c1-28-6-8-29(9-7-28)15-16-2-4-17(5-3-16)18-10-21-20-11-19(12-24)25-14-22(20)27-23(21)26-13-18/h2-5,10-11,13-14H,6-9,15H2,1H3,(H,26,27). The van der Waals surface area contributed by atoms with E-state index in [2.05, 4.69) is 68.2 Å². The highest BCUT2D eigenvalue weighted by Crippen LogP contribution is 2.29. The van der Waals surface area contributed by atoms with Gasteiger partial charge < -0.3 is 9.88 Å². The summed E-state index contributed by atoms with van der Waals surface area (Å²) in [5.74, 6) is 0. The third kappa shape index (κ3) is 3.46. The van der Waals surface area contributed by atoms with Crippen LogP contribution < -0.4 is 0 Å². The van der Waals surface area contributed by atoms with E-state index in [0.717, 1.165) is 65.8 Å². The summed E-state index contributed by atoms with van der Waals surface area (Å²) in [5, 5.41) is 11.1. The summed E-state index contributed by atoms with van der Waals surface area (Å²) >= 11 is 0. The average molecular weight is 382 g/mol. The van der Waals surface area contributed by atoms with Crippen LogP contribution in [0.1, 0.15) is 11.3 Å². The molecule has 0 spiro atoms. The van der Waals surface area contributed by atoms with Gasteiger partial charge in [0, 0.05) is 55.3 Å². The Kier molecular flexibility index (Phi) is 4.47. The summed E-state index contributed by atoms with van der Waals surface area (Å²) in [6.07, 6.45) is 3.59. The molecule has 1 aromatic carbocycles. The van der Waals surface area contributed by atoms with Gasteiger partial charge >= 0.3 is 0 Å². The Morgan fingerprint density at radius 1 is 0.966 bits per heavy atom. The molecule has 0 amide bonds. The maximum absolute atomic E-state index is 9.15. The highest BCUT2D eigenvalue weighted by Gasteiger charge is 2.14. The number of H-pyrrole nitrogens is 1. The van der Waals surface area contributed by atoms with Gasteiger partial charge in [0.15, 0.2) is 0 Å². The van der Waals surface area contributed by atoms with E-state index < -0.39 is 0 Å². The first kappa shape index (κ1) is 17.8. The zero-order chi connectivity index (χ0) is 19.8. The lowest BCUT2D eigenvalue weighted by Gasteiger charge is -2.32. The fourth-order valence-electron chi connectivity index (χ4n) is 3.96. The predicted molar refractivity (Wildman–Crippen MR) is 114 cm³/mol. The largest absolute Gasteiger partial charge is 0.338 e. The van der Waals surface area contributed by atoms with Crippen molar-refractivity contribution in [1.29, 1.82) is 5.26 Å². The molecule has 1 fully saturated rings. The van der Waals surface area contributed by atoms with Crippen molar-refractivity contribution < 1.29 is 0 Å². The third-order valence-electron chi connectivity index (χ3n) is 5.74. The zero-order valence-electron chi connectivity index (χ0n) is 16.4. The van der Waals surface area contributed by atoms with E-state index in [9.17, 15) is 0 Å². The summed E-state index contributed by atoms with van der Waals surface area (Å²) in [4.78, 5) is 16.9. The molecular weight excluding hydrogens is 360 g/mol. The molecule has 0 radical (unpaired) electrons. The summed E-state index contributed by atoms with van der Waals surface area (Å²) in [7, 11) is 2.18. The highest BCUT2D eigenvalue weighted by molar-refractivity contribution is 6.06. The summed E-state index contributed by atoms with van der Waals surface area (Å²) in [6, 6.07) is 14.8. The number of nitriles is 1. The number of pyridine rings is 2. The molecule has 29 heavy (non-hydrogen) atoms. The van der Waals surface area contributed by atoms with Crippen molar-refractivity contribution in [3.63, 3.8) is 0 Å². The van der Waals surface area contributed by atoms with E-state index >= 15 is 0 Å². The van der Waals surface area contributed by atoms with Crippen LogP contribution in [0.15, 0.2) is 48.8 Å². The number of benzene rings is 1. The van der Waals surface area contributed by atoms with Crippen molar-refractivity contribution in [3.8, 4) is 17.2 Å². The molecule has 0 aliphatic carbocycles. The minimum atomic E-state index is 0.414. The Hall–Kier alpha value is -3.27. The number of rotatable bonds is 3. The van der Waals surface area contributed by atoms with Gasteiger partial charge in [-0.25, -0.2) is 9.97 Å². The first-order valence-corrected chi connectivity index (χ1v) is 9.87. The molecule has 1 saturated heterocycles. The van der Waals surface area contributed by atoms with Crippen LogP contribution in [0.25, 0.3) is 33.1 Å². The fraction of sp³-hybridized carbons (Fsp3) is 0.261. The molecule has 4 heterocycles. The number of likely N-dealkylation sites (N-methyl/N-ethyl adjacent to an activating group) is 1. The molecule has 1 N–H and O–H groups in total. The van der Waals surface area contributed by atoms with Crippen LogP contribution in [-0.2, 0) is 6.54 Å². The molecule has 0 atom stereocenters. The van der Waals surface area contributed by atoms with Crippen LogP contribution in [0.2, 0.25) is 0 Å². The van der Waals surface area contributed by atoms with E-state index in [0.29, 0.717) is 5.69 Å². The second-order valence-corrected chi connectivity index (χ2v) is 7.75. The predicted octanol–water partition coefficient (Wildman–Crippen LogP) is 3.40. The second kappa shape index (κ2) is 7.28. The van der Waals surface area contributed by atoms with Gasteiger partial charge in [-0.05, 0) is 30.3 Å². The Labute approximate surface area is 169 Å². The second-order valence-electron chi connectivity index (χ2n) is 7.75. The average Bonchev–Trinajstić information content (AvgIpc) is 3.13. The number of piperazine rings is 1. The lowest BCUT2D eigenvalue weighted by atomic mass is 10.0. The van der Waals surface area contributed by atoms with Crippen LogP contribution in [0.3, 0.4) is 0 Å². The van der Waals surface area contributed by atoms with Crippen molar-refractivity contribution in [2.24, 2.45) is 0 Å². The molecule has 1 aliphatic rings. The summed E-state index contributed by atoms with van der Waals surface area (Å²) < 4.78 is 0. The minimum absolute atomic E-state index is 0.414. The number of hydrogen-bond acceptors (Lipinski definition) is 5. The summed E-state index contributed by atoms with van der Waals surface area (Å²) in [6.45, 7) is 5.52. The topological polar surface area (TPSA) is 71.8 Å². The molecule has 3 aromatic heterocycles. The molecule has 0 bridgehead atoms. The first-order valence-electron chi connectivity index (χ1n) is 9.87. The zero-order valence-corrected chi connectivity index (χ0v) is 16.4. The monoisotopic (exact) mass is 382 g/mol. The maximum atomic E-state index is 9.15. The lowest BCUT2D eigenvalue weighted by Crippen LogP contribution is -2.43. The number of nitrogens with zero attached hydrogens (tertiary/aromatic N) is 5. The Bertz CT molecular complexity index is 1210. The number of nitrogens with one attached hydrogen (secondary N) is 1. The van der Waals surface area contributed by atoms with Crippen LogP contribution in [0.4, 0.5) is 0 Å². The maximum Gasteiger partial charge on any atom is 0.141 e. The van der Waals surface area contributed by atoms with Gasteiger partial charge in [-0.1, -0.05) is 24.3 Å². The van der Waals surface area contributed by atoms with Crippen molar-refractivity contribution in [2.75, 3.05) is 33.2 Å². The van der Waals surface area contributed by atoms with Gasteiger partial charge in [-0.3, -0.25) is 4.90 Å². The third-order valence-corrected chi connectivity index (χ3v) is 5.74. The molecule has 5 rings (SSSR count). The SMILES string of the molecule is CN1CCN(Cc2ccc(-c3cnc4[nH]c5cnc(C#N)cc5c4c3)cc2)CC1. The van der Waals surface area contributed by atoms with Crippen molar-refractivity contribution in [2.45, 2.75) is 6.54 Å². The normalized spacial score (nSPS) is 15.7. The number of fused-ring (bicyclic) bond motifs is 3. The molecule has 0 saturated carbocycles.